The molecule has 1 unspecified atom stereocenters. The number of nitrogens with two attached hydrogens (primary N) is 1. The van der Waals surface area contributed by atoms with E-state index in [0.29, 0.717) is 17.0 Å². The highest BCUT2D eigenvalue weighted by Gasteiger charge is 2.16. The second-order valence-corrected chi connectivity index (χ2v) is 5.10. The van der Waals surface area contributed by atoms with Crippen LogP contribution in [0.5, 0.6) is 11.5 Å². The van der Waals surface area contributed by atoms with E-state index >= 15 is 0 Å². The summed E-state index contributed by atoms with van der Waals surface area (Å²) >= 11 is 0. The molecule has 4 nitrogen and oxygen atoms in total. The lowest BCUT2D eigenvalue weighted by Gasteiger charge is -2.16. The van der Waals surface area contributed by atoms with Crippen LogP contribution < -0.4 is 15.2 Å². The van der Waals surface area contributed by atoms with Gasteiger partial charge in [0.25, 0.3) is 0 Å². The topological polar surface area (TPSA) is 64.7 Å². The predicted molar refractivity (Wildman–Crippen MR) is 83.7 cm³/mol. The molecule has 2 aromatic carbocycles. The highest BCUT2D eigenvalue weighted by molar-refractivity contribution is 5.60. The van der Waals surface area contributed by atoms with Gasteiger partial charge in [0, 0.05) is 5.56 Å². The van der Waals surface area contributed by atoms with Crippen molar-refractivity contribution < 1.29 is 14.6 Å². The Morgan fingerprint density at radius 1 is 1.05 bits per heavy atom. The molecule has 0 aliphatic rings. The normalized spacial score (nSPS) is 12.2. The summed E-state index contributed by atoms with van der Waals surface area (Å²) in [4.78, 5) is 0. The van der Waals surface area contributed by atoms with Crippen molar-refractivity contribution in [1.82, 2.24) is 0 Å². The summed E-state index contributed by atoms with van der Waals surface area (Å²) in [6.45, 7) is 3.94. The second kappa shape index (κ2) is 6.50. The smallest absolute Gasteiger partial charge is 0.142 e. The Kier molecular flexibility index (Phi) is 4.70. The van der Waals surface area contributed by atoms with Gasteiger partial charge in [-0.15, -0.1) is 0 Å². The molecule has 112 valence electrons. The summed E-state index contributed by atoms with van der Waals surface area (Å²) in [6, 6.07) is 12.7. The number of para-hydroxylation sites is 1. The standard InChI is InChI=1S/C17H21NO3/c1-11(2)21-13-9-7-12(8-10-13)17(19)14-5-4-6-15(20-3)16(14)18/h4-11,17,19H,18H2,1-3H3. The zero-order valence-corrected chi connectivity index (χ0v) is 12.5. The molecule has 0 fully saturated rings. The predicted octanol–water partition coefficient (Wildman–Crippen LogP) is 3.15. The fourth-order valence-corrected chi connectivity index (χ4v) is 2.16. The number of ether oxygens (including phenoxy) is 2. The SMILES string of the molecule is COc1cccc(C(O)c2ccc(OC(C)C)cc2)c1N. The number of nitrogen functional groups attached to an aromatic ring is 1. The molecule has 0 spiro atoms. The van der Waals surface area contributed by atoms with Gasteiger partial charge in [-0.1, -0.05) is 24.3 Å². The number of hydrogen-bond acceptors (Lipinski definition) is 4. The zero-order chi connectivity index (χ0) is 15.4. The molecule has 0 heterocycles. The Labute approximate surface area is 125 Å². The third-order valence-electron chi connectivity index (χ3n) is 3.18. The molecule has 3 N–H and O–H groups in total. The number of aliphatic hydroxyl groups is 1. The summed E-state index contributed by atoms with van der Waals surface area (Å²) in [5, 5.41) is 10.5. The van der Waals surface area contributed by atoms with Crippen molar-refractivity contribution in [2.75, 3.05) is 12.8 Å². The van der Waals surface area contributed by atoms with Crippen molar-refractivity contribution in [3.8, 4) is 11.5 Å². The molecule has 0 saturated heterocycles. The molecule has 1 atom stereocenters. The molecule has 0 saturated carbocycles. The lowest BCUT2D eigenvalue weighted by Crippen LogP contribution is -2.07. The quantitative estimate of drug-likeness (QED) is 0.829. The van der Waals surface area contributed by atoms with Gasteiger partial charge in [-0.3, -0.25) is 0 Å². The molecule has 0 amide bonds. The molecule has 0 bridgehead atoms. The van der Waals surface area contributed by atoms with E-state index in [2.05, 4.69) is 0 Å². The van der Waals surface area contributed by atoms with Crippen molar-refractivity contribution in [3.05, 3.63) is 53.6 Å². The van der Waals surface area contributed by atoms with Gasteiger partial charge in [0.05, 0.1) is 18.9 Å². The average Bonchev–Trinajstić information content (AvgIpc) is 2.47. The fraction of sp³-hybridized carbons (Fsp3) is 0.294. The Balaban J connectivity index is 2.26. The van der Waals surface area contributed by atoms with Crippen molar-refractivity contribution >= 4 is 5.69 Å². The Hall–Kier alpha value is -2.20. The van der Waals surface area contributed by atoms with Crippen LogP contribution in [0, 0.1) is 0 Å². The average molecular weight is 287 g/mol. The van der Waals surface area contributed by atoms with Gasteiger partial charge in [0.1, 0.15) is 17.6 Å². The van der Waals surface area contributed by atoms with Crippen LogP contribution in [0.2, 0.25) is 0 Å². The van der Waals surface area contributed by atoms with Crippen molar-refractivity contribution in [3.63, 3.8) is 0 Å². The first-order valence-corrected chi connectivity index (χ1v) is 6.90. The van der Waals surface area contributed by atoms with Crippen LogP contribution >= 0.6 is 0 Å². The zero-order valence-electron chi connectivity index (χ0n) is 12.5. The molecule has 21 heavy (non-hydrogen) atoms. The van der Waals surface area contributed by atoms with Gasteiger partial charge in [-0.05, 0) is 37.6 Å². The number of rotatable bonds is 5. The van der Waals surface area contributed by atoms with Gasteiger partial charge in [0.2, 0.25) is 0 Å². The van der Waals surface area contributed by atoms with Crippen LogP contribution in [0.4, 0.5) is 5.69 Å². The highest BCUT2D eigenvalue weighted by Crippen LogP contribution is 2.33. The fourth-order valence-electron chi connectivity index (χ4n) is 2.16. The first-order valence-electron chi connectivity index (χ1n) is 6.90. The van der Waals surface area contributed by atoms with E-state index in [9.17, 15) is 5.11 Å². The van der Waals surface area contributed by atoms with Crippen LogP contribution in [-0.4, -0.2) is 18.3 Å². The van der Waals surface area contributed by atoms with Crippen LogP contribution in [-0.2, 0) is 0 Å². The highest BCUT2D eigenvalue weighted by atomic mass is 16.5. The Morgan fingerprint density at radius 2 is 1.71 bits per heavy atom. The van der Waals surface area contributed by atoms with Crippen molar-refractivity contribution in [2.24, 2.45) is 0 Å². The number of benzene rings is 2. The monoisotopic (exact) mass is 287 g/mol. The summed E-state index contributed by atoms with van der Waals surface area (Å²) in [5.74, 6) is 1.34. The third kappa shape index (κ3) is 3.47. The van der Waals surface area contributed by atoms with E-state index in [-0.39, 0.29) is 6.10 Å². The minimum Gasteiger partial charge on any atom is -0.495 e. The molecule has 0 aromatic heterocycles. The van der Waals surface area contributed by atoms with E-state index in [1.165, 1.54) is 0 Å². The van der Waals surface area contributed by atoms with Gasteiger partial charge < -0.3 is 20.3 Å². The maximum absolute atomic E-state index is 10.5. The molecule has 2 aromatic rings. The minimum atomic E-state index is -0.798. The van der Waals surface area contributed by atoms with E-state index in [1.54, 1.807) is 19.2 Å². The van der Waals surface area contributed by atoms with E-state index in [1.807, 2.05) is 44.2 Å². The number of aliphatic hydroxyl groups excluding tert-OH is 1. The summed E-state index contributed by atoms with van der Waals surface area (Å²) in [7, 11) is 1.56. The molecule has 2 rings (SSSR count). The number of hydrogen-bond donors (Lipinski definition) is 2. The molecular weight excluding hydrogens is 266 g/mol. The largest absolute Gasteiger partial charge is 0.495 e. The molecular formula is C17H21NO3. The number of methoxy groups -OCH3 is 1. The summed E-state index contributed by atoms with van der Waals surface area (Å²) in [5.41, 5.74) is 7.86. The Morgan fingerprint density at radius 3 is 2.29 bits per heavy atom. The first kappa shape index (κ1) is 15.2. The van der Waals surface area contributed by atoms with Gasteiger partial charge in [0.15, 0.2) is 0 Å². The summed E-state index contributed by atoms with van der Waals surface area (Å²) in [6.07, 6.45) is -0.678. The minimum absolute atomic E-state index is 0.120. The maximum Gasteiger partial charge on any atom is 0.142 e. The van der Waals surface area contributed by atoms with E-state index in [0.717, 1.165) is 11.3 Å². The summed E-state index contributed by atoms with van der Waals surface area (Å²) < 4.78 is 10.8. The number of anilines is 1. The van der Waals surface area contributed by atoms with E-state index in [4.69, 9.17) is 15.2 Å². The maximum atomic E-state index is 10.5. The second-order valence-electron chi connectivity index (χ2n) is 5.10. The first-order chi connectivity index (χ1) is 10.0. The van der Waals surface area contributed by atoms with Crippen LogP contribution in [0.1, 0.15) is 31.1 Å². The van der Waals surface area contributed by atoms with E-state index < -0.39 is 6.10 Å². The van der Waals surface area contributed by atoms with Crippen molar-refractivity contribution in [1.29, 1.82) is 0 Å². The van der Waals surface area contributed by atoms with Crippen LogP contribution in [0.15, 0.2) is 42.5 Å². The molecule has 4 heteroatoms. The third-order valence-corrected chi connectivity index (χ3v) is 3.18. The van der Waals surface area contributed by atoms with Gasteiger partial charge in [-0.2, -0.15) is 0 Å². The van der Waals surface area contributed by atoms with Gasteiger partial charge in [-0.25, -0.2) is 0 Å². The van der Waals surface area contributed by atoms with Crippen LogP contribution in [0.25, 0.3) is 0 Å². The lowest BCUT2D eigenvalue weighted by atomic mass is 9.99. The Bertz CT molecular complexity index is 593. The lowest BCUT2D eigenvalue weighted by molar-refractivity contribution is 0.219. The van der Waals surface area contributed by atoms with Crippen LogP contribution in [0.3, 0.4) is 0 Å². The molecule has 0 aliphatic heterocycles. The van der Waals surface area contributed by atoms with Crippen molar-refractivity contribution in [2.45, 2.75) is 26.1 Å². The van der Waals surface area contributed by atoms with Gasteiger partial charge >= 0.3 is 0 Å². The molecule has 0 aliphatic carbocycles. The molecule has 0 radical (unpaired) electrons.